The third-order valence-corrected chi connectivity index (χ3v) is 2.68. The number of hydrogen-bond acceptors (Lipinski definition) is 2. The molecule has 1 heterocycles. The average Bonchev–Trinajstić information content (AvgIpc) is 2.75. The molecule has 2 aromatic rings. The first-order chi connectivity index (χ1) is 7.81. The molecule has 1 aromatic carbocycles. The minimum absolute atomic E-state index is 0.709. The van der Waals surface area contributed by atoms with Crippen molar-refractivity contribution in [2.75, 3.05) is 6.54 Å². The Morgan fingerprint density at radius 3 is 2.88 bits per heavy atom. The van der Waals surface area contributed by atoms with Gasteiger partial charge in [-0.1, -0.05) is 24.3 Å². The van der Waals surface area contributed by atoms with Crippen molar-refractivity contribution in [2.45, 2.75) is 19.8 Å². The van der Waals surface area contributed by atoms with Crippen molar-refractivity contribution in [3.8, 4) is 11.3 Å². The number of benzene rings is 1. The standard InChI is InChI=1S/C13H17N3/c1-10-5-2-3-6-11(10)12-9-15-13(16-12)7-4-8-14/h2-3,5-6,9H,4,7-8,14H2,1H3,(H,15,16). The van der Waals surface area contributed by atoms with Gasteiger partial charge in [0, 0.05) is 12.0 Å². The van der Waals surface area contributed by atoms with Crippen LogP contribution in [0.3, 0.4) is 0 Å². The molecular formula is C13H17N3. The summed E-state index contributed by atoms with van der Waals surface area (Å²) >= 11 is 0. The highest BCUT2D eigenvalue weighted by Crippen LogP contribution is 2.20. The molecule has 0 saturated carbocycles. The lowest BCUT2D eigenvalue weighted by Crippen LogP contribution is -2.01. The van der Waals surface area contributed by atoms with Crippen molar-refractivity contribution in [2.24, 2.45) is 5.73 Å². The van der Waals surface area contributed by atoms with Gasteiger partial charge in [-0.25, -0.2) is 4.98 Å². The molecule has 1 aromatic heterocycles. The van der Waals surface area contributed by atoms with Crippen LogP contribution in [0.4, 0.5) is 0 Å². The van der Waals surface area contributed by atoms with Crippen LogP contribution in [-0.2, 0) is 6.42 Å². The fraction of sp³-hybridized carbons (Fsp3) is 0.308. The summed E-state index contributed by atoms with van der Waals surface area (Å²) in [5.41, 5.74) is 9.04. The number of nitrogens with two attached hydrogens (primary N) is 1. The second-order valence-corrected chi connectivity index (χ2v) is 3.95. The maximum Gasteiger partial charge on any atom is 0.106 e. The number of aromatic amines is 1. The molecule has 0 aliphatic rings. The highest BCUT2D eigenvalue weighted by Gasteiger charge is 2.04. The van der Waals surface area contributed by atoms with E-state index in [1.54, 1.807) is 0 Å². The normalized spacial score (nSPS) is 10.6. The second kappa shape index (κ2) is 4.94. The van der Waals surface area contributed by atoms with E-state index in [0.29, 0.717) is 6.54 Å². The molecule has 3 nitrogen and oxygen atoms in total. The molecule has 84 valence electrons. The Hall–Kier alpha value is -1.61. The maximum absolute atomic E-state index is 5.48. The smallest absolute Gasteiger partial charge is 0.106 e. The fourth-order valence-corrected chi connectivity index (χ4v) is 1.77. The molecule has 0 radical (unpaired) electrons. The van der Waals surface area contributed by atoms with Crippen LogP contribution in [0.2, 0.25) is 0 Å². The second-order valence-electron chi connectivity index (χ2n) is 3.95. The Bertz CT molecular complexity index is 460. The minimum atomic E-state index is 0.709. The summed E-state index contributed by atoms with van der Waals surface area (Å²) in [4.78, 5) is 7.70. The van der Waals surface area contributed by atoms with Crippen LogP contribution in [0.15, 0.2) is 30.5 Å². The Labute approximate surface area is 95.7 Å². The van der Waals surface area contributed by atoms with E-state index in [2.05, 4.69) is 29.0 Å². The van der Waals surface area contributed by atoms with Gasteiger partial charge in [-0.2, -0.15) is 0 Å². The first-order valence-electron chi connectivity index (χ1n) is 5.61. The average molecular weight is 215 g/mol. The minimum Gasteiger partial charge on any atom is -0.342 e. The molecule has 0 bridgehead atoms. The summed E-state index contributed by atoms with van der Waals surface area (Å²) in [5.74, 6) is 1.02. The quantitative estimate of drug-likeness (QED) is 0.822. The first-order valence-corrected chi connectivity index (χ1v) is 5.61. The molecule has 0 fully saturated rings. The summed E-state index contributed by atoms with van der Waals surface area (Å²) < 4.78 is 0. The van der Waals surface area contributed by atoms with E-state index in [0.717, 1.165) is 24.4 Å². The van der Waals surface area contributed by atoms with E-state index >= 15 is 0 Å². The zero-order valence-corrected chi connectivity index (χ0v) is 9.53. The van der Waals surface area contributed by atoms with Gasteiger partial charge in [-0.15, -0.1) is 0 Å². The van der Waals surface area contributed by atoms with Gasteiger partial charge in [0.2, 0.25) is 0 Å². The number of H-pyrrole nitrogens is 1. The van der Waals surface area contributed by atoms with Gasteiger partial charge in [0.25, 0.3) is 0 Å². The lowest BCUT2D eigenvalue weighted by Gasteiger charge is -2.01. The van der Waals surface area contributed by atoms with Gasteiger partial charge in [0.15, 0.2) is 0 Å². The van der Waals surface area contributed by atoms with Crippen LogP contribution < -0.4 is 5.73 Å². The summed E-state index contributed by atoms with van der Waals surface area (Å²) in [6.45, 7) is 2.82. The lowest BCUT2D eigenvalue weighted by molar-refractivity contribution is 0.794. The van der Waals surface area contributed by atoms with Gasteiger partial charge in [0.1, 0.15) is 5.82 Å². The van der Waals surface area contributed by atoms with Crippen LogP contribution in [0.1, 0.15) is 17.8 Å². The van der Waals surface area contributed by atoms with E-state index in [4.69, 9.17) is 5.73 Å². The highest BCUT2D eigenvalue weighted by atomic mass is 14.9. The molecule has 0 amide bonds. The van der Waals surface area contributed by atoms with Gasteiger partial charge in [-0.05, 0) is 25.5 Å². The van der Waals surface area contributed by atoms with Crippen molar-refractivity contribution >= 4 is 0 Å². The molecule has 0 spiro atoms. The van der Waals surface area contributed by atoms with E-state index < -0.39 is 0 Å². The van der Waals surface area contributed by atoms with Crippen LogP contribution >= 0.6 is 0 Å². The first kappa shape index (κ1) is 10.9. The monoisotopic (exact) mass is 215 g/mol. The summed E-state index contributed by atoms with van der Waals surface area (Å²) in [6.07, 6.45) is 3.79. The topological polar surface area (TPSA) is 54.7 Å². The molecule has 3 heteroatoms. The number of imidazole rings is 1. The molecule has 0 unspecified atom stereocenters. The van der Waals surface area contributed by atoms with Crippen LogP contribution in [0.5, 0.6) is 0 Å². The largest absolute Gasteiger partial charge is 0.342 e. The number of nitrogens with zero attached hydrogens (tertiary/aromatic N) is 1. The molecule has 2 rings (SSSR count). The Balaban J connectivity index is 2.22. The third kappa shape index (κ3) is 2.31. The van der Waals surface area contributed by atoms with Crippen LogP contribution in [-0.4, -0.2) is 16.5 Å². The molecule has 0 aliphatic carbocycles. The number of aromatic nitrogens is 2. The van der Waals surface area contributed by atoms with Crippen molar-refractivity contribution in [3.63, 3.8) is 0 Å². The van der Waals surface area contributed by atoms with Gasteiger partial charge in [-0.3, -0.25) is 0 Å². The number of nitrogens with one attached hydrogen (secondary N) is 1. The Morgan fingerprint density at radius 1 is 1.31 bits per heavy atom. The fourth-order valence-electron chi connectivity index (χ4n) is 1.77. The number of aryl methyl sites for hydroxylation is 2. The highest BCUT2D eigenvalue weighted by molar-refractivity contribution is 5.62. The number of hydrogen-bond donors (Lipinski definition) is 2. The molecule has 3 N–H and O–H groups in total. The van der Waals surface area contributed by atoms with Gasteiger partial charge >= 0.3 is 0 Å². The lowest BCUT2D eigenvalue weighted by atomic mass is 10.1. The van der Waals surface area contributed by atoms with Crippen molar-refractivity contribution in [3.05, 3.63) is 41.9 Å². The Kier molecular flexibility index (Phi) is 3.37. The van der Waals surface area contributed by atoms with Crippen LogP contribution in [0.25, 0.3) is 11.3 Å². The number of rotatable bonds is 4. The zero-order valence-electron chi connectivity index (χ0n) is 9.53. The summed E-state index contributed by atoms with van der Waals surface area (Å²) in [5, 5.41) is 0. The maximum atomic E-state index is 5.48. The van der Waals surface area contributed by atoms with Crippen molar-refractivity contribution in [1.29, 1.82) is 0 Å². The summed E-state index contributed by atoms with van der Waals surface area (Å²) in [7, 11) is 0. The van der Waals surface area contributed by atoms with E-state index in [1.165, 1.54) is 11.1 Å². The predicted molar refractivity (Wildman–Crippen MR) is 66.1 cm³/mol. The van der Waals surface area contributed by atoms with E-state index in [-0.39, 0.29) is 0 Å². The molecule has 16 heavy (non-hydrogen) atoms. The van der Waals surface area contributed by atoms with Crippen LogP contribution in [0, 0.1) is 6.92 Å². The van der Waals surface area contributed by atoms with Gasteiger partial charge < -0.3 is 10.7 Å². The molecule has 0 aliphatic heterocycles. The molecule has 0 atom stereocenters. The van der Waals surface area contributed by atoms with E-state index in [9.17, 15) is 0 Å². The molecule has 0 saturated heterocycles. The van der Waals surface area contributed by atoms with Crippen molar-refractivity contribution < 1.29 is 0 Å². The predicted octanol–water partition coefficient (Wildman–Crippen LogP) is 2.28. The van der Waals surface area contributed by atoms with Crippen molar-refractivity contribution in [1.82, 2.24) is 9.97 Å². The van der Waals surface area contributed by atoms with Gasteiger partial charge in [0.05, 0.1) is 11.9 Å². The van der Waals surface area contributed by atoms with E-state index in [1.807, 2.05) is 18.3 Å². The third-order valence-electron chi connectivity index (χ3n) is 2.68. The molecular weight excluding hydrogens is 198 g/mol. The zero-order chi connectivity index (χ0) is 11.4. The Morgan fingerprint density at radius 2 is 2.12 bits per heavy atom. The summed E-state index contributed by atoms with van der Waals surface area (Å²) in [6, 6.07) is 8.30. The SMILES string of the molecule is Cc1ccccc1-c1cnc(CCCN)[nH]1.